The van der Waals surface area contributed by atoms with E-state index in [9.17, 15) is 9.59 Å². The number of amides is 1. The Hall–Kier alpha value is -1.36. The fraction of sp³-hybridized carbons (Fsp3) is 0.538. The van der Waals surface area contributed by atoms with Crippen LogP contribution in [-0.2, 0) is 16.1 Å². The third-order valence-electron chi connectivity index (χ3n) is 3.54. The monoisotopic (exact) mass is 267 g/mol. The first-order valence-electron chi connectivity index (χ1n) is 6.11. The Morgan fingerprint density at radius 2 is 2.17 bits per heavy atom. The van der Waals surface area contributed by atoms with Gasteiger partial charge in [-0.25, -0.2) is 0 Å². The molecule has 1 saturated carbocycles. The van der Waals surface area contributed by atoms with E-state index in [2.05, 4.69) is 5.32 Å². The first-order valence-corrected chi connectivity index (χ1v) is 6.99. The van der Waals surface area contributed by atoms with Gasteiger partial charge in [0.2, 0.25) is 5.91 Å². The molecule has 2 N–H and O–H groups in total. The Morgan fingerprint density at radius 1 is 1.44 bits per heavy atom. The average molecular weight is 267 g/mol. The summed E-state index contributed by atoms with van der Waals surface area (Å²) in [6.45, 7) is 2.57. The number of carboxylic acids is 1. The van der Waals surface area contributed by atoms with Crippen molar-refractivity contribution in [2.24, 2.45) is 11.8 Å². The van der Waals surface area contributed by atoms with Gasteiger partial charge in [0.05, 0.1) is 12.5 Å². The summed E-state index contributed by atoms with van der Waals surface area (Å²) in [4.78, 5) is 23.9. The van der Waals surface area contributed by atoms with Crippen molar-refractivity contribution < 1.29 is 14.7 Å². The number of carbonyl (C=O) groups excluding carboxylic acids is 1. The number of hydrogen-bond donors (Lipinski definition) is 2. The van der Waals surface area contributed by atoms with Gasteiger partial charge in [-0.05, 0) is 43.2 Å². The highest BCUT2D eigenvalue weighted by Crippen LogP contribution is 2.31. The third kappa shape index (κ3) is 2.90. The highest BCUT2D eigenvalue weighted by atomic mass is 32.1. The van der Waals surface area contributed by atoms with Crippen LogP contribution in [0, 0.1) is 18.8 Å². The molecular formula is C13H17NO3S. The van der Waals surface area contributed by atoms with Gasteiger partial charge in [0.15, 0.2) is 0 Å². The molecule has 0 radical (unpaired) electrons. The van der Waals surface area contributed by atoms with Crippen molar-refractivity contribution in [3.63, 3.8) is 0 Å². The molecule has 0 aromatic carbocycles. The quantitative estimate of drug-likeness (QED) is 0.878. The molecule has 1 aliphatic rings. The molecule has 2 atom stereocenters. The predicted molar refractivity (Wildman–Crippen MR) is 69.4 cm³/mol. The Labute approximate surface area is 110 Å². The van der Waals surface area contributed by atoms with Gasteiger partial charge in [-0.3, -0.25) is 9.59 Å². The fourth-order valence-corrected chi connectivity index (χ4v) is 3.19. The van der Waals surface area contributed by atoms with Crippen molar-refractivity contribution in [1.29, 1.82) is 0 Å². The largest absolute Gasteiger partial charge is 0.481 e. The molecule has 0 aliphatic heterocycles. The van der Waals surface area contributed by atoms with Gasteiger partial charge in [-0.1, -0.05) is 0 Å². The Bertz CT molecular complexity index is 455. The topological polar surface area (TPSA) is 66.4 Å². The van der Waals surface area contributed by atoms with Crippen LogP contribution in [-0.4, -0.2) is 17.0 Å². The second kappa shape index (κ2) is 5.52. The second-order valence-electron chi connectivity index (χ2n) is 4.79. The number of hydrogen-bond acceptors (Lipinski definition) is 3. The first kappa shape index (κ1) is 13.1. The Balaban J connectivity index is 1.83. The van der Waals surface area contributed by atoms with Crippen molar-refractivity contribution in [3.05, 3.63) is 21.9 Å². The normalized spacial score (nSPS) is 22.9. The smallest absolute Gasteiger partial charge is 0.306 e. The summed E-state index contributed by atoms with van der Waals surface area (Å²) in [5, 5.41) is 13.8. The number of nitrogens with one attached hydrogen (secondary N) is 1. The van der Waals surface area contributed by atoms with Crippen molar-refractivity contribution in [3.8, 4) is 0 Å². The molecular weight excluding hydrogens is 250 g/mol. The molecule has 1 amide bonds. The molecule has 1 fully saturated rings. The van der Waals surface area contributed by atoms with Crippen molar-refractivity contribution in [2.45, 2.75) is 32.7 Å². The summed E-state index contributed by atoms with van der Waals surface area (Å²) < 4.78 is 0. The van der Waals surface area contributed by atoms with E-state index < -0.39 is 5.97 Å². The summed E-state index contributed by atoms with van der Waals surface area (Å²) in [7, 11) is 0. The number of aliphatic carboxylic acids is 1. The number of thiophene rings is 1. The predicted octanol–water partition coefficient (Wildman–Crippen LogP) is 2.17. The highest BCUT2D eigenvalue weighted by molar-refractivity contribution is 7.10. The number of aryl methyl sites for hydroxylation is 1. The molecule has 1 aromatic heterocycles. The number of carboxylic acid groups (broad SMARTS) is 1. The lowest BCUT2D eigenvalue weighted by Gasteiger charge is -2.10. The van der Waals surface area contributed by atoms with Crippen LogP contribution in [0.25, 0.3) is 0 Å². The van der Waals surface area contributed by atoms with E-state index in [1.165, 1.54) is 5.56 Å². The van der Waals surface area contributed by atoms with Gasteiger partial charge in [0, 0.05) is 10.8 Å². The van der Waals surface area contributed by atoms with Crippen LogP contribution in [0.3, 0.4) is 0 Å². The van der Waals surface area contributed by atoms with E-state index in [1.54, 1.807) is 11.3 Å². The van der Waals surface area contributed by atoms with Crippen LogP contribution < -0.4 is 5.32 Å². The molecule has 1 heterocycles. The van der Waals surface area contributed by atoms with E-state index in [0.29, 0.717) is 25.8 Å². The molecule has 0 saturated heterocycles. The molecule has 18 heavy (non-hydrogen) atoms. The van der Waals surface area contributed by atoms with Crippen LogP contribution in [0.1, 0.15) is 29.7 Å². The van der Waals surface area contributed by atoms with E-state index in [-0.39, 0.29) is 17.7 Å². The van der Waals surface area contributed by atoms with Crippen molar-refractivity contribution in [1.82, 2.24) is 5.32 Å². The van der Waals surface area contributed by atoms with Crippen LogP contribution in [0.2, 0.25) is 0 Å². The van der Waals surface area contributed by atoms with Crippen LogP contribution in [0.4, 0.5) is 0 Å². The highest BCUT2D eigenvalue weighted by Gasteiger charge is 2.33. The molecule has 4 nitrogen and oxygen atoms in total. The minimum atomic E-state index is -0.778. The van der Waals surface area contributed by atoms with Gasteiger partial charge in [0.25, 0.3) is 0 Å². The summed E-state index contributed by atoms with van der Waals surface area (Å²) >= 11 is 1.63. The van der Waals surface area contributed by atoms with Crippen molar-refractivity contribution in [2.75, 3.05) is 0 Å². The SMILES string of the molecule is Cc1ccsc1CNC(=O)[C@@H]1CC[C@H](C(=O)O)C1. The van der Waals surface area contributed by atoms with Gasteiger partial charge >= 0.3 is 5.97 Å². The molecule has 0 unspecified atom stereocenters. The standard InChI is InChI=1S/C13H17NO3S/c1-8-4-5-18-11(8)7-14-12(15)9-2-3-10(6-9)13(16)17/h4-5,9-10H,2-3,6-7H2,1H3,(H,14,15)(H,16,17)/t9-,10+/m1/s1. The minimum absolute atomic E-state index is 0.00782. The zero-order valence-electron chi connectivity index (χ0n) is 10.3. The fourth-order valence-electron chi connectivity index (χ4n) is 2.34. The minimum Gasteiger partial charge on any atom is -0.481 e. The van der Waals surface area contributed by atoms with Crippen LogP contribution in [0.15, 0.2) is 11.4 Å². The number of carbonyl (C=O) groups is 2. The van der Waals surface area contributed by atoms with Crippen LogP contribution in [0.5, 0.6) is 0 Å². The lowest BCUT2D eigenvalue weighted by atomic mass is 10.0. The third-order valence-corrected chi connectivity index (χ3v) is 4.57. The molecule has 1 aliphatic carbocycles. The summed E-state index contributed by atoms with van der Waals surface area (Å²) in [5.74, 6) is -1.26. The molecule has 0 spiro atoms. The Kier molecular flexibility index (Phi) is 4.01. The average Bonchev–Trinajstić information content (AvgIpc) is 2.94. The van der Waals surface area contributed by atoms with E-state index >= 15 is 0 Å². The summed E-state index contributed by atoms with van der Waals surface area (Å²) in [5.41, 5.74) is 1.19. The van der Waals surface area contributed by atoms with Gasteiger partial charge in [0.1, 0.15) is 0 Å². The lowest BCUT2D eigenvalue weighted by Crippen LogP contribution is -2.29. The van der Waals surface area contributed by atoms with E-state index in [1.807, 2.05) is 18.4 Å². The molecule has 98 valence electrons. The Morgan fingerprint density at radius 3 is 2.72 bits per heavy atom. The van der Waals surface area contributed by atoms with Gasteiger partial charge in [-0.2, -0.15) is 0 Å². The zero-order valence-corrected chi connectivity index (χ0v) is 11.1. The first-order chi connectivity index (χ1) is 8.58. The number of rotatable bonds is 4. The maximum Gasteiger partial charge on any atom is 0.306 e. The maximum absolute atomic E-state index is 11.9. The van der Waals surface area contributed by atoms with Crippen LogP contribution >= 0.6 is 11.3 Å². The molecule has 5 heteroatoms. The van der Waals surface area contributed by atoms with Crippen molar-refractivity contribution >= 4 is 23.2 Å². The molecule has 1 aromatic rings. The van der Waals surface area contributed by atoms with E-state index in [0.717, 1.165) is 4.88 Å². The molecule has 2 rings (SSSR count). The second-order valence-corrected chi connectivity index (χ2v) is 5.79. The van der Waals surface area contributed by atoms with Gasteiger partial charge in [-0.15, -0.1) is 11.3 Å². The summed E-state index contributed by atoms with van der Waals surface area (Å²) in [6.07, 6.45) is 1.78. The lowest BCUT2D eigenvalue weighted by molar-refractivity contribution is -0.141. The van der Waals surface area contributed by atoms with E-state index in [4.69, 9.17) is 5.11 Å². The molecule has 0 bridgehead atoms. The summed E-state index contributed by atoms with van der Waals surface area (Å²) in [6, 6.07) is 2.03. The zero-order chi connectivity index (χ0) is 13.1. The van der Waals surface area contributed by atoms with Gasteiger partial charge < -0.3 is 10.4 Å². The maximum atomic E-state index is 11.9.